The number of thiophene rings is 1. The van der Waals surface area contributed by atoms with Gasteiger partial charge in [-0.3, -0.25) is 4.79 Å². The summed E-state index contributed by atoms with van der Waals surface area (Å²) in [4.78, 5) is 27.0. The third kappa shape index (κ3) is 6.54. The lowest BCUT2D eigenvalue weighted by molar-refractivity contribution is -0.113. The molecule has 1 atom stereocenters. The molecule has 1 aliphatic carbocycles. The van der Waals surface area contributed by atoms with Crippen molar-refractivity contribution in [2.45, 2.75) is 84.2 Å². The first-order valence-electron chi connectivity index (χ1n) is 12.7. The van der Waals surface area contributed by atoms with Crippen LogP contribution in [0.1, 0.15) is 78.8 Å². The zero-order chi connectivity index (χ0) is 26.5. The molecule has 1 unspecified atom stereocenters. The SMILES string of the molecule is CCn1c(SCC(=O)Nc2sc3c(c2C(=O)OC(C)C)CCCC3)nnc1C(C)Oc1cccc(C)c1. The van der Waals surface area contributed by atoms with Gasteiger partial charge in [0, 0.05) is 11.4 Å². The van der Waals surface area contributed by atoms with Crippen LogP contribution in [-0.2, 0) is 28.9 Å². The van der Waals surface area contributed by atoms with Gasteiger partial charge in [-0.2, -0.15) is 0 Å². The van der Waals surface area contributed by atoms with E-state index in [1.807, 2.05) is 63.5 Å². The third-order valence-electron chi connectivity index (χ3n) is 6.03. The highest BCUT2D eigenvalue weighted by Gasteiger charge is 2.28. The monoisotopic (exact) mass is 542 g/mol. The van der Waals surface area contributed by atoms with Crippen LogP contribution < -0.4 is 10.1 Å². The number of aromatic nitrogens is 3. The Morgan fingerprint density at radius 1 is 1.19 bits per heavy atom. The van der Waals surface area contributed by atoms with Gasteiger partial charge in [-0.15, -0.1) is 21.5 Å². The minimum atomic E-state index is -0.365. The summed E-state index contributed by atoms with van der Waals surface area (Å²) in [5.74, 6) is 1.06. The molecule has 2 heterocycles. The zero-order valence-electron chi connectivity index (χ0n) is 22.0. The van der Waals surface area contributed by atoms with Crippen LogP contribution >= 0.6 is 23.1 Å². The van der Waals surface area contributed by atoms with Crippen molar-refractivity contribution in [2.24, 2.45) is 0 Å². The van der Waals surface area contributed by atoms with Crippen molar-refractivity contribution < 1.29 is 19.1 Å². The van der Waals surface area contributed by atoms with Gasteiger partial charge >= 0.3 is 5.97 Å². The molecule has 0 saturated heterocycles. The van der Waals surface area contributed by atoms with Crippen LogP contribution in [0.15, 0.2) is 29.4 Å². The Balaban J connectivity index is 1.44. The zero-order valence-corrected chi connectivity index (χ0v) is 23.6. The molecule has 10 heteroatoms. The Morgan fingerprint density at radius 3 is 2.70 bits per heavy atom. The first-order valence-corrected chi connectivity index (χ1v) is 14.5. The largest absolute Gasteiger partial charge is 0.483 e. The topological polar surface area (TPSA) is 95.3 Å². The number of carbonyl (C=O) groups excluding carboxylic acids is 2. The van der Waals surface area contributed by atoms with Crippen molar-refractivity contribution in [1.82, 2.24) is 14.8 Å². The van der Waals surface area contributed by atoms with Crippen LogP contribution in [0, 0.1) is 6.92 Å². The van der Waals surface area contributed by atoms with Crippen LogP contribution in [0.2, 0.25) is 0 Å². The lowest BCUT2D eigenvalue weighted by atomic mass is 9.95. The lowest BCUT2D eigenvalue weighted by Crippen LogP contribution is -2.19. The minimum absolute atomic E-state index is 0.145. The summed E-state index contributed by atoms with van der Waals surface area (Å²) in [6, 6.07) is 7.88. The maximum atomic E-state index is 12.9. The number of anilines is 1. The molecule has 4 rings (SSSR count). The second-order valence-corrected chi connectivity index (χ2v) is 11.4. The second kappa shape index (κ2) is 12.1. The Hall–Kier alpha value is -2.85. The number of rotatable bonds is 10. The third-order valence-corrected chi connectivity index (χ3v) is 8.21. The number of esters is 1. The summed E-state index contributed by atoms with van der Waals surface area (Å²) in [6.45, 7) is 10.3. The average Bonchev–Trinajstić information content (AvgIpc) is 3.43. The molecule has 8 nitrogen and oxygen atoms in total. The van der Waals surface area contributed by atoms with E-state index in [0.29, 0.717) is 28.1 Å². The summed E-state index contributed by atoms with van der Waals surface area (Å²) < 4.78 is 13.6. The van der Waals surface area contributed by atoms with E-state index in [0.717, 1.165) is 42.6 Å². The molecule has 1 aliphatic rings. The normalized spacial score (nSPS) is 13.8. The fourth-order valence-corrected chi connectivity index (χ4v) is 6.49. The Labute approximate surface area is 226 Å². The molecule has 0 radical (unpaired) electrons. The summed E-state index contributed by atoms with van der Waals surface area (Å²) in [5.41, 5.74) is 2.67. The molecule has 0 bridgehead atoms. The summed E-state index contributed by atoms with van der Waals surface area (Å²) in [7, 11) is 0. The fourth-order valence-electron chi connectivity index (χ4n) is 4.39. The molecule has 0 fully saturated rings. The van der Waals surface area contributed by atoms with E-state index in [4.69, 9.17) is 9.47 Å². The highest BCUT2D eigenvalue weighted by Crippen LogP contribution is 2.39. The number of fused-ring (bicyclic) bond motifs is 1. The number of nitrogens with one attached hydrogen (secondary N) is 1. The number of hydrogen-bond acceptors (Lipinski definition) is 8. The number of aryl methyl sites for hydroxylation is 2. The van der Waals surface area contributed by atoms with Crippen LogP contribution in [0.4, 0.5) is 5.00 Å². The summed E-state index contributed by atoms with van der Waals surface area (Å²) in [6.07, 6.45) is 3.37. The predicted octanol–water partition coefficient (Wildman–Crippen LogP) is 5.98. The maximum absolute atomic E-state index is 12.9. The number of thioether (sulfide) groups is 1. The van der Waals surface area contributed by atoms with Gasteiger partial charge in [0.2, 0.25) is 5.91 Å². The van der Waals surface area contributed by atoms with Crippen molar-refractivity contribution in [3.63, 3.8) is 0 Å². The van der Waals surface area contributed by atoms with Crippen molar-refractivity contribution in [3.05, 3.63) is 51.7 Å². The minimum Gasteiger partial charge on any atom is -0.483 e. The lowest BCUT2D eigenvalue weighted by Gasteiger charge is -2.16. The van der Waals surface area contributed by atoms with Gasteiger partial charge in [0.1, 0.15) is 10.8 Å². The molecule has 198 valence electrons. The van der Waals surface area contributed by atoms with Crippen molar-refractivity contribution in [3.8, 4) is 5.75 Å². The molecule has 1 N–H and O–H groups in total. The Bertz CT molecular complexity index is 1270. The molecule has 0 aliphatic heterocycles. The van der Waals surface area contributed by atoms with E-state index in [9.17, 15) is 9.59 Å². The first-order chi connectivity index (χ1) is 17.8. The smallest absolute Gasteiger partial charge is 0.341 e. The van der Waals surface area contributed by atoms with Crippen LogP contribution in [-0.4, -0.2) is 38.5 Å². The Morgan fingerprint density at radius 2 is 1.97 bits per heavy atom. The van der Waals surface area contributed by atoms with Crippen LogP contribution in [0.3, 0.4) is 0 Å². The molecule has 0 spiro atoms. The van der Waals surface area contributed by atoms with Crippen LogP contribution in [0.5, 0.6) is 5.75 Å². The molecule has 3 aromatic rings. The van der Waals surface area contributed by atoms with Gasteiger partial charge in [0.15, 0.2) is 17.1 Å². The maximum Gasteiger partial charge on any atom is 0.341 e. The first kappa shape index (κ1) is 27.2. The van der Waals surface area contributed by atoms with Gasteiger partial charge in [-0.05, 0) is 83.6 Å². The van der Waals surface area contributed by atoms with E-state index in [1.165, 1.54) is 28.0 Å². The molecule has 0 saturated carbocycles. The van der Waals surface area contributed by atoms with Gasteiger partial charge in [0.05, 0.1) is 17.4 Å². The molecule has 1 aromatic carbocycles. The molecular formula is C27H34N4O4S2. The van der Waals surface area contributed by atoms with E-state index in [-0.39, 0.29) is 29.8 Å². The van der Waals surface area contributed by atoms with Gasteiger partial charge in [-0.25, -0.2) is 4.79 Å². The second-order valence-electron chi connectivity index (χ2n) is 9.37. The summed E-state index contributed by atoms with van der Waals surface area (Å²) >= 11 is 2.81. The standard InChI is InChI=1S/C27H34N4O4S2/c1-6-31-24(18(5)35-19-11-9-10-17(4)14-19)29-30-27(31)36-15-22(32)28-25-23(26(33)34-16(2)3)20-12-7-8-13-21(20)37-25/h9-11,14,16,18H,6-8,12-13,15H2,1-5H3,(H,28,32). The van der Waals surface area contributed by atoms with E-state index in [2.05, 4.69) is 15.5 Å². The number of amides is 1. The quantitative estimate of drug-likeness (QED) is 0.249. The van der Waals surface area contributed by atoms with Crippen molar-refractivity contribution >= 4 is 40.0 Å². The highest BCUT2D eigenvalue weighted by atomic mass is 32.2. The average molecular weight is 543 g/mol. The number of carbonyl (C=O) groups is 2. The number of benzene rings is 1. The van der Waals surface area contributed by atoms with E-state index in [1.54, 1.807) is 0 Å². The van der Waals surface area contributed by atoms with E-state index >= 15 is 0 Å². The number of ether oxygens (including phenoxy) is 2. The van der Waals surface area contributed by atoms with Gasteiger partial charge < -0.3 is 19.4 Å². The van der Waals surface area contributed by atoms with E-state index < -0.39 is 0 Å². The van der Waals surface area contributed by atoms with Gasteiger partial charge in [0.25, 0.3) is 0 Å². The highest BCUT2D eigenvalue weighted by molar-refractivity contribution is 7.99. The molecule has 2 aromatic heterocycles. The van der Waals surface area contributed by atoms with Crippen molar-refractivity contribution in [2.75, 3.05) is 11.1 Å². The summed E-state index contributed by atoms with van der Waals surface area (Å²) in [5, 5.41) is 12.9. The fraction of sp³-hybridized carbons (Fsp3) is 0.481. The molecule has 37 heavy (non-hydrogen) atoms. The number of nitrogens with zero attached hydrogens (tertiary/aromatic N) is 3. The predicted molar refractivity (Wildman–Crippen MR) is 147 cm³/mol. The number of hydrogen-bond donors (Lipinski definition) is 1. The van der Waals surface area contributed by atoms with Gasteiger partial charge in [-0.1, -0.05) is 23.9 Å². The van der Waals surface area contributed by atoms with Crippen molar-refractivity contribution in [1.29, 1.82) is 0 Å². The molecule has 1 amide bonds. The Kier molecular flexibility index (Phi) is 8.91. The van der Waals surface area contributed by atoms with Crippen LogP contribution in [0.25, 0.3) is 0 Å². The molecular weight excluding hydrogens is 508 g/mol.